The van der Waals surface area contributed by atoms with Crippen molar-refractivity contribution in [2.24, 2.45) is 0 Å². The fourth-order valence-electron chi connectivity index (χ4n) is 3.26. The van der Waals surface area contributed by atoms with Crippen LogP contribution in [0.4, 0.5) is 0 Å². The number of carbonyl (C=O) groups is 1. The summed E-state index contributed by atoms with van der Waals surface area (Å²) in [7, 11) is 0. The van der Waals surface area contributed by atoms with Gasteiger partial charge in [-0.2, -0.15) is 0 Å². The molecule has 1 aliphatic rings. The molecular weight excluding hydrogens is 296 g/mol. The monoisotopic (exact) mass is 322 g/mol. The van der Waals surface area contributed by atoms with Crippen LogP contribution >= 0.6 is 0 Å². The van der Waals surface area contributed by atoms with Crippen molar-refractivity contribution in [2.75, 3.05) is 32.7 Å². The van der Waals surface area contributed by atoms with Crippen LogP contribution in [-0.4, -0.2) is 48.4 Å². The van der Waals surface area contributed by atoms with Crippen LogP contribution in [0.25, 0.3) is 0 Å². The molecule has 0 aromatic heterocycles. The molecule has 24 heavy (non-hydrogen) atoms. The Morgan fingerprint density at radius 1 is 0.917 bits per heavy atom. The van der Waals surface area contributed by atoms with Crippen LogP contribution in [0.1, 0.15) is 16.7 Å². The summed E-state index contributed by atoms with van der Waals surface area (Å²) in [5.74, 6) is 0.253. The normalized spacial score (nSPS) is 15.5. The summed E-state index contributed by atoms with van der Waals surface area (Å²) in [5.41, 5.74) is 3.72. The highest BCUT2D eigenvalue weighted by atomic mass is 16.2. The molecule has 0 bridgehead atoms. The van der Waals surface area contributed by atoms with E-state index in [1.54, 1.807) is 0 Å². The van der Waals surface area contributed by atoms with Gasteiger partial charge in [0.1, 0.15) is 0 Å². The van der Waals surface area contributed by atoms with Crippen LogP contribution in [0, 0.1) is 6.92 Å². The van der Waals surface area contributed by atoms with Crippen molar-refractivity contribution in [3.63, 3.8) is 0 Å². The molecule has 3 heteroatoms. The number of carbonyl (C=O) groups excluding carboxylic acids is 1. The smallest absolute Gasteiger partial charge is 0.227 e. The van der Waals surface area contributed by atoms with Crippen molar-refractivity contribution in [2.45, 2.75) is 19.8 Å². The molecule has 0 aliphatic carbocycles. The summed E-state index contributed by atoms with van der Waals surface area (Å²) in [6.07, 6.45) is 1.60. The number of rotatable bonds is 5. The number of amides is 1. The molecule has 1 amide bonds. The number of benzene rings is 2. The van der Waals surface area contributed by atoms with Crippen molar-refractivity contribution in [3.8, 4) is 0 Å². The third kappa shape index (κ3) is 4.68. The first-order valence-electron chi connectivity index (χ1n) is 8.80. The second kappa shape index (κ2) is 8.11. The maximum absolute atomic E-state index is 12.5. The van der Waals surface area contributed by atoms with Crippen LogP contribution in [-0.2, 0) is 17.6 Å². The Hall–Kier alpha value is -2.13. The first kappa shape index (κ1) is 16.7. The predicted octanol–water partition coefficient (Wildman–Crippen LogP) is 2.92. The zero-order chi connectivity index (χ0) is 16.8. The second-order valence-electron chi connectivity index (χ2n) is 6.62. The molecule has 1 fully saturated rings. The minimum absolute atomic E-state index is 0.253. The highest BCUT2D eigenvalue weighted by molar-refractivity contribution is 5.79. The largest absolute Gasteiger partial charge is 0.340 e. The van der Waals surface area contributed by atoms with E-state index in [0.717, 1.165) is 44.7 Å². The Morgan fingerprint density at radius 3 is 2.33 bits per heavy atom. The lowest BCUT2D eigenvalue weighted by Crippen LogP contribution is -2.49. The van der Waals surface area contributed by atoms with Gasteiger partial charge in [0.25, 0.3) is 0 Å². The van der Waals surface area contributed by atoms with Gasteiger partial charge in [-0.25, -0.2) is 0 Å². The summed E-state index contributed by atoms with van der Waals surface area (Å²) in [4.78, 5) is 16.9. The minimum Gasteiger partial charge on any atom is -0.340 e. The summed E-state index contributed by atoms with van der Waals surface area (Å²) in [5, 5.41) is 0. The Labute approximate surface area is 144 Å². The van der Waals surface area contributed by atoms with Crippen molar-refractivity contribution < 1.29 is 4.79 Å². The quantitative estimate of drug-likeness (QED) is 0.845. The average molecular weight is 322 g/mol. The van der Waals surface area contributed by atoms with E-state index in [2.05, 4.69) is 54.3 Å². The van der Waals surface area contributed by atoms with Crippen LogP contribution in [0.5, 0.6) is 0 Å². The maximum Gasteiger partial charge on any atom is 0.227 e. The van der Waals surface area contributed by atoms with E-state index in [1.165, 1.54) is 11.1 Å². The van der Waals surface area contributed by atoms with Crippen LogP contribution < -0.4 is 0 Å². The van der Waals surface area contributed by atoms with Gasteiger partial charge in [0.15, 0.2) is 0 Å². The highest BCUT2D eigenvalue weighted by Gasteiger charge is 2.20. The van der Waals surface area contributed by atoms with Crippen LogP contribution in [0.2, 0.25) is 0 Å². The van der Waals surface area contributed by atoms with Gasteiger partial charge in [-0.1, -0.05) is 60.2 Å². The molecule has 2 aromatic carbocycles. The van der Waals surface area contributed by atoms with E-state index in [0.29, 0.717) is 6.42 Å². The molecule has 126 valence electrons. The van der Waals surface area contributed by atoms with Gasteiger partial charge in [0.2, 0.25) is 5.91 Å². The van der Waals surface area contributed by atoms with E-state index >= 15 is 0 Å². The Bertz CT molecular complexity index is 661. The molecule has 3 rings (SSSR count). The van der Waals surface area contributed by atoms with E-state index in [9.17, 15) is 4.79 Å². The topological polar surface area (TPSA) is 23.6 Å². The number of hydrogen-bond acceptors (Lipinski definition) is 2. The standard InChI is InChI=1S/C21H26N2O/c1-18-6-5-9-20(16-18)17-21(24)23-14-12-22(13-15-23)11-10-19-7-3-2-4-8-19/h2-9,16H,10-15,17H2,1H3. The first-order chi connectivity index (χ1) is 11.7. The summed E-state index contributed by atoms with van der Waals surface area (Å²) >= 11 is 0. The highest BCUT2D eigenvalue weighted by Crippen LogP contribution is 2.10. The molecule has 0 atom stereocenters. The van der Waals surface area contributed by atoms with Gasteiger partial charge in [-0.15, -0.1) is 0 Å². The van der Waals surface area contributed by atoms with E-state index in [-0.39, 0.29) is 5.91 Å². The zero-order valence-electron chi connectivity index (χ0n) is 14.4. The molecule has 1 saturated heterocycles. The summed E-state index contributed by atoms with van der Waals surface area (Å²) < 4.78 is 0. The van der Waals surface area contributed by atoms with E-state index in [4.69, 9.17) is 0 Å². The van der Waals surface area contributed by atoms with Gasteiger partial charge in [-0.05, 0) is 24.5 Å². The fraction of sp³-hybridized carbons (Fsp3) is 0.381. The third-order valence-corrected chi connectivity index (χ3v) is 4.72. The van der Waals surface area contributed by atoms with Crippen molar-refractivity contribution in [1.29, 1.82) is 0 Å². The van der Waals surface area contributed by atoms with Gasteiger partial charge in [0, 0.05) is 32.7 Å². The zero-order valence-corrected chi connectivity index (χ0v) is 14.4. The number of aryl methyl sites for hydroxylation is 1. The van der Waals surface area contributed by atoms with Crippen molar-refractivity contribution in [3.05, 3.63) is 71.3 Å². The van der Waals surface area contributed by atoms with Crippen LogP contribution in [0.3, 0.4) is 0 Å². The first-order valence-corrected chi connectivity index (χ1v) is 8.80. The lowest BCUT2D eigenvalue weighted by molar-refractivity contribution is -0.132. The SMILES string of the molecule is Cc1cccc(CC(=O)N2CCN(CCc3ccccc3)CC2)c1. The average Bonchev–Trinajstić information content (AvgIpc) is 2.61. The molecule has 0 saturated carbocycles. The van der Waals surface area contributed by atoms with Gasteiger partial charge in [0.05, 0.1) is 6.42 Å². The van der Waals surface area contributed by atoms with E-state index in [1.807, 2.05) is 17.0 Å². The number of hydrogen-bond donors (Lipinski definition) is 0. The van der Waals surface area contributed by atoms with Gasteiger partial charge >= 0.3 is 0 Å². The Balaban J connectivity index is 1.43. The molecule has 0 spiro atoms. The van der Waals surface area contributed by atoms with Crippen LogP contribution in [0.15, 0.2) is 54.6 Å². The Kier molecular flexibility index (Phi) is 5.65. The molecule has 0 unspecified atom stereocenters. The Morgan fingerprint density at radius 2 is 1.62 bits per heavy atom. The molecule has 3 nitrogen and oxygen atoms in total. The lowest BCUT2D eigenvalue weighted by atomic mass is 10.1. The third-order valence-electron chi connectivity index (χ3n) is 4.72. The molecular formula is C21H26N2O. The lowest BCUT2D eigenvalue weighted by Gasteiger charge is -2.34. The summed E-state index contributed by atoms with van der Waals surface area (Å²) in [6.45, 7) is 6.79. The fourth-order valence-corrected chi connectivity index (χ4v) is 3.26. The molecule has 1 heterocycles. The maximum atomic E-state index is 12.5. The minimum atomic E-state index is 0.253. The molecule has 0 radical (unpaired) electrons. The molecule has 1 aliphatic heterocycles. The number of nitrogens with zero attached hydrogens (tertiary/aromatic N) is 2. The molecule has 0 N–H and O–H groups in total. The van der Waals surface area contributed by atoms with E-state index < -0.39 is 0 Å². The summed E-state index contributed by atoms with van der Waals surface area (Å²) in [6, 6.07) is 18.9. The predicted molar refractivity (Wildman–Crippen MR) is 98.0 cm³/mol. The van der Waals surface area contributed by atoms with Gasteiger partial charge < -0.3 is 4.90 Å². The molecule has 2 aromatic rings. The second-order valence-corrected chi connectivity index (χ2v) is 6.62. The van der Waals surface area contributed by atoms with Crippen molar-refractivity contribution >= 4 is 5.91 Å². The van der Waals surface area contributed by atoms with Gasteiger partial charge in [-0.3, -0.25) is 9.69 Å². The van der Waals surface area contributed by atoms with Crippen molar-refractivity contribution in [1.82, 2.24) is 9.80 Å². The number of piperazine rings is 1.